The number of nitrogens with zero attached hydrogens (tertiary/aromatic N) is 4. The molecule has 0 bridgehead atoms. The van der Waals surface area contributed by atoms with Crippen LogP contribution in [0.4, 0.5) is 13.2 Å². The summed E-state index contributed by atoms with van der Waals surface area (Å²) in [7, 11) is 1.49. The number of alkyl halides is 3. The number of hydrogen-bond donors (Lipinski definition) is 1. The lowest BCUT2D eigenvalue weighted by Crippen LogP contribution is -2.46. The average Bonchev–Trinajstić information content (AvgIpc) is 3.42. The van der Waals surface area contributed by atoms with Crippen LogP contribution in [0.3, 0.4) is 0 Å². The number of aromatic nitrogens is 4. The number of rotatable bonds is 5. The van der Waals surface area contributed by atoms with Gasteiger partial charge in [0.05, 0.1) is 24.7 Å². The molecule has 3 aromatic heterocycles. The van der Waals surface area contributed by atoms with E-state index in [0.717, 1.165) is 0 Å². The van der Waals surface area contributed by atoms with Crippen LogP contribution in [0.15, 0.2) is 30.5 Å². The molecule has 3 aromatic rings. The van der Waals surface area contributed by atoms with E-state index in [0.29, 0.717) is 35.8 Å². The van der Waals surface area contributed by atoms with Crippen molar-refractivity contribution in [1.29, 1.82) is 0 Å². The minimum Gasteiger partial charge on any atom is -0.481 e. The molecule has 10 heteroatoms. The van der Waals surface area contributed by atoms with Gasteiger partial charge in [-0.2, -0.15) is 18.3 Å². The van der Waals surface area contributed by atoms with E-state index >= 15 is 0 Å². The summed E-state index contributed by atoms with van der Waals surface area (Å²) >= 11 is 0. The Labute approximate surface area is 163 Å². The minimum atomic E-state index is -4.50. The fourth-order valence-electron chi connectivity index (χ4n) is 3.19. The molecule has 1 atom stereocenters. The molecule has 7 nitrogen and oxygen atoms in total. The second-order valence-corrected chi connectivity index (χ2v) is 6.97. The molecule has 0 radical (unpaired) electrons. The van der Waals surface area contributed by atoms with E-state index in [1.807, 2.05) is 0 Å². The first-order valence-electron chi connectivity index (χ1n) is 9.02. The van der Waals surface area contributed by atoms with Crippen LogP contribution in [0.1, 0.15) is 28.9 Å². The van der Waals surface area contributed by atoms with Gasteiger partial charge in [-0.3, -0.25) is 4.79 Å². The van der Waals surface area contributed by atoms with E-state index in [1.165, 1.54) is 17.8 Å². The van der Waals surface area contributed by atoms with Crippen molar-refractivity contribution in [2.24, 2.45) is 5.92 Å². The second-order valence-electron chi connectivity index (χ2n) is 6.97. The lowest BCUT2D eigenvalue weighted by Gasteiger charge is -2.20. The molecule has 3 heterocycles. The molecule has 0 spiro atoms. The molecule has 0 aliphatic heterocycles. The molecule has 1 fully saturated rings. The summed E-state index contributed by atoms with van der Waals surface area (Å²) in [5.41, 5.74) is 1.77. The van der Waals surface area contributed by atoms with Crippen molar-refractivity contribution in [3.8, 4) is 17.3 Å². The van der Waals surface area contributed by atoms with Gasteiger partial charge in [0.1, 0.15) is 11.6 Å². The number of pyridine rings is 1. The van der Waals surface area contributed by atoms with Crippen molar-refractivity contribution in [3.05, 3.63) is 41.7 Å². The van der Waals surface area contributed by atoms with Gasteiger partial charge >= 0.3 is 6.18 Å². The molecule has 1 aliphatic rings. The van der Waals surface area contributed by atoms with E-state index in [9.17, 15) is 18.0 Å². The van der Waals surface area contributed by atoms with Crippen molar-refractivity contribution in [1.82, 2.24) is 24.9 Å². The predicted octanol–water partition coefficient (Wildman–Crippen LogP) is 3.18. The Kier molecular flexibility index (Phi) is 4.64. The van der Waals surface area contributed by atoms with Gasteiger partial charge in [0.15, 0.2) is 5.65 Å². The second kappa shape index (κ2) is 7.02. The Morgan fingerprint density at radius 1 is 1.28 bits per heavy atom. The van der Waals surface area contributed by atoms with E-state index in [1.54, 1.807) is 31.2 Å². The van der Waals surface area contributed by atoms with Gasteiger partial charge in [-0.05, 0) is 37.8 Å². The highest BCUT2D eigenvalue weighted by atomic mass is 19.4. The first-order valence-corrected chi connectivity index (χ1v) is 9.02. The molecule has 1 saturated carbocycles. The predicted molar refractivity (Wildman–Crippen MR) is 97.5 cm³/mol. The van der Waals surface area contributed by atoms with Gasteiger partial charge in [0.2, 0.25) is 5.88 Å². The molecular formula is C19H18F3N5O2. The lowest BCUT2D eigenvalue weighted by atomic mass is 10.1. The molecule has 0 aromatic carbocycles. The number of carbonyl (C=O) groups is 1. The summed E-state index contributed by atoms with van der Waals surface area (Å²) < 4.78 is 46.4. The summed E-state index contributed by atoms with van der Waals surface area (Å²) in [6.07, 6.45) is -2.38. The van der Waals surface area contributed by atoms with Gasteiger partial charge in [-0.25, -0.2) is 14.5 Å². The number of methoxy groups -OCH3 is 1. The number of nitrogens with one attached hydrogen (secondary N) is 1. The number of aryl methyl sites for hydroxylation is 1. The third kappa shape index (κ3) is 3.74. The third-order valence-corrected chi connectivity index (χ3v) is 4.82. The largest absolute Gasteiger partial charge is 0.481 e. The molecule has 1 aliphatic carbocycles. The van der Waals surface area contributed by atoms with E-state index in [-0.39, 0.29) is 11.2 Å². The Bertz CT molecular complexity index is 1080. The lowest BCUT2D eigenvalue weighted by molar-refractivity contribution is -0.158. The smallest absolute Gasteiger partial charge is 0.408 e. The van der Waals surface area contributed by atoms with Crippen LogP contribution in [0.5, 0.6) is 5.88 Å². The van der Waals surface area contributed by atoms with E-state index < -0.39 is 24.0 Å². The normalized spacial score (nSPS) is 15.3. The Hall–Kier alpha value is -3.17. The molecule has 152 valence electrons. The number of ether oxygens (including phenoxy) is 1. The third-order valence-electron chi connectivity index (χ3n) is 4.82. The Morgan fingerprint density at radius 2 is 2.03 bits per heavy atom. The highest BCUT2D eigenvalue weighted by Gasteiger charge is 2.49. The fraction of sp³-hybridized carbons (Fsp3) is 0.368. The standard InChI is InChI=1S/C19H18F3N5O2/c1-10-8-14(13-4-3-5-15(24-13)29-2)25-17-12(9-23-27(10)17)18(28)26-16(11-6-7-11)19(20,21)22/h3-5,8-9,11,16H,6-7H2,1-2H3,(H,26,28). The minimum absolute atomic E-state index is 0.0206. The van der Waals surface area contributed by atoms with Crippen LogP contribution in [-0.2, 0) is 0 Å². The van der Waals surface area contributed by atoms with E-state index in [4.69, 9.17) is 4.74 Å². The first-order chi connectivity index (χ1) is 13.8. The van der Waals surface area contributed by atoms with Crippen molar-refractivity contribution in [3.63, 3.8) is 0 Å². The summed E-state index contributed by atoms with van der Waals surface area (Å²) in [5.74, 6) is -1.03. The quantitative estimate of drug-likeness (QED) is 0.705. The van der Waals surface area contributed by atoms with Crippen LogP contribution in [-0.4, -0.2) is 44.8 Å². The molecule has 0 saturated heterocycles. The summed E-state index contributed by atoms with van der Waals surface area (Å²) in [5, 5.41) is 6.22. The zero-order valence-electron chi connectivity index (χ0n) is 15.7. The maximum atomic E-state index is 13.3. The van der Waals surface area contributed by atoms with Gasteiger partial charge < -0.3 is 10.1 Å². The van der Waals surface area contributed by atoms with Crippen LogP contribution < -0.4 is 10.1 Å². The highest BCUT2D eigenvalue weighted by molar-refractivity contribution is 6.00. The average molecular weight is 405 g/mol. The van der Waals surface area contributed by atoms with Crippen molar-refractivity contribution in [2.75, 3.05) is 7.11 Å². The van der Waals surface area contributed by atoms with Gasteiger partial charge in [-0.15, -0.1) is 0 Å². The molecular weight excluding hydrogens is 387 g/mol. The molecule has 1 amide bonds. The van der Waals surface area contributed by atoms with Crippen LogP contribution >= 0.6 is 0 Å². The number of amides is 1. The molecule has 29 heavy (non-hydrogen) atoms. The molecule has 4 rings (SSSR count). The Balaban J connectivity index is 1.72. The maximum Gasteiger partial charge on any atom is 0.408 e. The molecule has 1 unspecified atom stereocenters. The number of halogens is 3. The van der Waals surface area contributed by atoms with E-state index in [2.05, 4.69) is 20.4 Å². The zero-order valence-corrected chi connectivity index (χ0v) is 15.7. The first kappa shape index (κ1) is 19.2. The summed E-state index contributed by atoms with van der Waals surface area (Å²) in [6, 6.07) is 5.02. The monoisotopic (exact) mass is 405 g/mol. The van der Waals surface area contributed by atoms with Crippen molar-refractivity contribution in [2.45, 2.75) is 32.0 Å². The number of carbonyl (C=O) groups excluding carboxylic acids is 1. The summed E-state index contributed by atoms with van der Waals surface area (Å²) in [6.45, 7) is 1.76. The fourth-order valence-corrected chi connectivity index (χ4v) is 3.19. The number of hydrogen-bond acceptors (Lipinski definition) is 5. The van der Waals surface area contributed by atoms with Crippen LogP contribution in [0.25, 0.3) is 17.0 Å². The SMILES string of the molecule is COc1cccc(-c2cc(C)n3ncc(C(=O)NC(C4CC4)C(F)(F)F)c3n2)n1. The Morgan fingerprint density at radius 3 is 2.69 bits per heavy atom. The van der Waals surface area contributed by atoms with Crippen molar-refractivity contribution >= 4 is 11.6 Å². The maximum absolute atomic E-state index is 13.3. The highest BCUT2D eigenvalue weighted by Crippen LogP contribution is 2.40. The molecule has 1 N–H and O–H groups in total. The van der Waals surface area contributed by atoms with Gasteiger partial charge in [0.25, 0.3) is 5.91 Å². The zero-order chi connectivity index (χ0) is 20.8. The van der Waals surface area contributed by atoms with Gasteiger partial charge in [0, 0.05) is 11.8 Å². The van der Waals surface area contributed by atoms with Crippen LogP contribution in [0, 0.1) is 12.8 Å². The topological polar surface area (TPSA) is 81.4 Å². The number of fused-ring (bicyclic) bond motifs is 1. The van der Waals surface area contributed by atoms with Crippen LogP contribution in [0.2, 0.25) is 0 Å². The van der Waals surface area contributed by atoms with Crippen molar-refractivity contribution < 1.29 is 22.7 Å². The summed E-state index contributed by atoms with van der Waals surface area (Å²) in [4.78, 5) is 21.4. The van der Waals surface area contributed by atoms with Gasteiger partial charge in [-0.1, -0.05) is 6.07 Å².